The fourth-order valence-electron chi connectivity index (χ4n) is 3.29. The monoisotopic (exact) mass is 437 g/mol. The van der Waals surface area contributed by atoms with Crippen molar-refractivity contribution in [1.29, 1.82) is 0 Å². The van der Waals surface area contributed by atoms with Crippen molar-refractivity contribution in [2.24, 2.45) is 0 Å². The summed E-state index contributed by atoms with van der Waals surface area (Å²) in [6.45, 7) is 1.27. The molecule has 0 radical (unpaired) electrons. The number of amides is 1. The number of nitrogens with zero attached hydrogens (tertiary/aromatic N) is 2. The quantitative estimate of drug-likeness (QED) is 0.638. The predicted octanol–water partition coefficient (Wildman–Crippen LogP) is 4.78. The van der Waals surface area contributed by atoms with Crippen molar-refractivity contribution in [3.63, 3.8) is 0 Å². The maximum absolute atomic E-state index is 12.8. The van der Waals surface area contributed by atoms with Gasteiger partial charge in [-0.05, 0) is 47.9 Å². The van der Waals surface area contributed by atoms with Crippen molar-refractivity contribution in [1.82, 2.24) is 15.1 Å². The predicted molar refractivity (Wildman–Crippen MR) is 113 cm³/mol. The first-order valence-corrected chi connectivity index (χ1v) is 9.87. The molecule has 0 unspecified atom stereocenters. The molecule has 0 aliphatic carbocycles. The van der Waals surface area contributed by atoms with E-state index in [1.807, 2.05) is 47.4 Å². The number of carbonyl (C=O) groups is 1. The van der Waals surface area contributed by atoms with Gasteiger partial charge >= 0.3 is 0 Å². The number of methoxy groups -OCH3 is 1. The number of rotatable bonds is 4. The van der Waals surface area contributed by atoms with Crippen LogP contribution in [0.25, 0.3) is 16.8 Å². The van der Waals surface area contributed by atoms with Gasteiger partial charge in [-0.25, -0.2) is 0 Å². The lowest BCUT2D eigenvalue weighted by Crippen LogP contribution is -2.34. The van der Waals surface area contributed by atoms with Crippen molar-refractivity contribution in [2.75, 3.05) is 20.2 Å². The van der Waals surface area contributed by atoms with E-state index in [4.69, 9.17) is 4.74 Å². The Kier molecular flexibility index (Phi) is 5.30. The van der Waals surface area contributed by atoms with Gasteiger partial charge in [0.2, 0.25) is 0 Å². The fourth-order valence-corrected chi connectivity index (χ4v) is 3.56. The van der Waals surface area contributed by atoms with Crippen LogP contribution in [0.3, 0.4) is 0 Å². The van der Waals surface area contributed by atoms with E-state index in [0.29, 0.717) is 18.8 Å². The summed E-state index contributed by atoms with van der Waals surface area (Å²) in [6.07, 6.45) is 2.95. The number of carbonyl (C=O) groups excluding carboxylic acids is 1. The fraction of sp³-hybridized carbons (Fsp3) is 0.182. The van der Waals surface area contributed by atoms with Crippen LogP contribution in [-0.4, -0.2) is 41.2 Å². The molecule has 142 valence electrons. The third kappa shape index (κ3) is 3.87. The third-order valence-electron chi connectivity index (χ3n) is 4.91. The van der Waals surface area contributed by atoms with Crippen LogP contribution in [0.2, 0.25) is 0 Å². The molecular formula is C22H20BrN3O2. The minimum absolute atomic E-state index is 0.0270. The Hall–Kier alpha value is -2.86. The molecule has 3 aromatic rings. The molecule has 2 heterocycles. The average molecular weight is 438 g/mol. The van der Waals surface area contributed by atoms with Crippen molar-refractivity contribution in [3.05, 3.63) is 76.4 Å². The second-order valence-corrected chi connectivity index (χ2v) is 7.55. The minimum atomic E-state index is -0.0270. The highest BCUT2D eigenvalue weighted by Gasteiger charge is 2.21. The molecule has 0 fully saturated rings. The smallest absolute Gasteiger partial charge is 0.272 e. The normalized spacial score (nSPS) is 13.9. The van der Waals surface area contributed by atoms with Gasteiger partial charge < -0.3 is 9.64 Å². The highest BCUT2D eigenvalue weighted by Crippen LogP contribution is 2.26. The molecule has 1 N–H and O–H groups in total. The molecule has 1 amide bonds. The Morgan fingerprint density at radius 3 is 2.46 bits per heavy atom. The van der Waals surface area contributed by atoms with Crippen LogP contribution in [0.15, 0.2) is 65.1 Å². The number of aromatic amines is 1. The lowest BCUT2D eigenvalue weighted by Gasteiger charge is -2.26. The van der Waals surface area contributed by atoms with Crippen molar-refractivity contribution in [3.8, 4) is 17.0 Å². The van der Waals surface area contributed by atoms with E-state index in [1.54, 1.807) is 7.11 Å². The number of H-pyrrole nitrogens is 1. The number of aromatic nitrogens is 2. The van der Waals surface area contributed by atoms with Gasteiger partial charge in [0.05, 0.1) is 12.8 Å². The summed E-state index contributed by atoms with van der Waals surface area (Å²) >= 11 is 3.43. The van der Waals surface area contributed by atoms with E-state index in [2.05, 4.69) is 44.3 Å². The maximum atomic E-state index is 12.8. The molecule has 0 atom stereocenters. The van der Waals surface area contributed by atoms with Gasteiger partial charge in [-0.3, -0.25) is 9.89 Å². The summed E-state index contributed by atoms with van der Waals surface area (Å²) in [5, 5.41) is 7.18. The molecule has 6 heteroatoms. The Labute approximate surface area is 172 Å². The van der Waals surface area contributed by atoms with Crippen molar-refractivity contribution in [2.45, 2.75) is 6.42 Å². The molecule has 1 aliphatic heterocycles. The Bertz CT molecular complexity index is 1010. The van der Waals surface area contributed by atoms with Gasteiger partial charge in [-0.15, -0.1) is 0 Å². The van der Waals surface area contributed by atoms with Gasteiger partial charge in [0.15, 0.2) is 0 Å². The number of benzene rings is 2. The summed E-state index contributed by atoms with van der Waals surface area (Å²) < 4.78 is 6.22. The van der Waals surface area contributed by atoms with E-state index in [0.717, 1.165) is 27.9 Å². The van der Waals surface area contributed by atoms with Crippen LogP contribution >= 0.6 is 15.9 Å². The first kappa shape index (κ1) is 18.5. The summed E-state index contributed by atoms with van der Waals surface area (Å²) in [4.78, 5) is 14.7. The molecule has 0 saturated carbocycles. The topological polar surface area (TPSA) is 58.2 Å². The molecular weight excluding hydrogens is 418 g/mol. The molecule has 0 spiro atoms. The van der Waals surface area contributed by atoms with Gasteiger partial charge in [-0.1, -0.05) is 46.3 Å². The summed E-state index contributed by atoms with van der Waals surface area (Å²) in [5.41, 5.74) is 4.68. The van der Waals surface area contributed by atoms with Crippen molar-refractivity contribution < 1.29 is 9.53 Å². The summed E-state index contributed by atoms with van der Waals surface area (Å²) in [7, 11) is 1.66. The molecule has 5 nitrogen and oxygen atoms in total. The lowest BCUT2D eigenvalue weighted by atomic mass is 9.99. The highest BCUT2D eigenvalue weighted by atomic mass is 79.9. The first-order valence-electron chi connectivity index (χ1n) is 9.08. The van der Waals surface area contributed by atoms with Crippen LogP contribution in [0.5, 0.6) is 5.75 Å². The van der Waals surface area contributed by atoms with Crippen molar-refractivity contribution >= 4 is 27.4 Å². The maximum Gasteiger partial charge on any atom is 0.272 e. The minimum Gasteiger partial charge on any atom is -0.497 e. The second-order valence-electron chi connectivity index (χ2n) is 6.63. The third-order valence-corrected chi connectivity index (χ3v) is 5.43. The molecule has 1 aliphatic rings. The molecule has 0 saturated heterocycles. The van der Waals surface area contributed by atoms with E-state index in [-0.39, 0.29) is 5.91 Å². The van der Waals surface area contributed by atoms with E-state index in [1.165, 1.54) is 11.1 Å². The van der Waals surface area contributed by atoms with Gasteiger partial charge in [-0.2, -0.15) is 5.10 Å². The van der Waals surface area contributed by atoms with Crippen LogP contribution in [0, 0.1) is 0 Å². The highest BCUT2D eigenvalue weighted by molar-refractivity contribution is 9.10. The molecule has 4 rings (SSSR count). The molecule has 1 aromatic heterocycles. The van der Waals surface area contributed by atoms with Gasteiger partial charge in [0.1, 0.15) is 11.4 Å². The standard InChI is InChI=1S/C22H20BrN3O2/c1-28-19-8-4-15(5-9-19)16-10-12-26(13-11-16)22(27)21-14-20(24-25-21)17-2-6-18(23)7-3-17/h2-10,14H,11-13H2,1H3,(H,24,25). The summed E-state index contributed by atoms with van der Waals surface area (Å²) in [5.74, 6) is 0.818. The molecule has 2 aromatic carbocycles. The van der Waals surface area contributed by atoms with E-state index >= 15 is 0 Å². The average Bonchev–Trinajstić information content (AvgIpc) is 3.24. The van der Waals surface area contributed by atoms with Crippen LogP contribution in [0.4, 0.5) is 0 Å². The zero-order valence-corrected chi connectivity index (χ0v) is 17.1. The number of hydrogen-bond acceptors (Lipinski definition) is 3. The van der Waals surface area contributed by atoms with E-state index in [9.17, 15) is 4.79 Å². The van der Waals surface area contributed by atoms with Crippen LogP contribution < -0.4 is 4.74 Å². The zero-order chi connectivity index (χ0) is 19.5. The zero-order valence-electron chi connectivity index (χ0n) is 15.5. The number of ether oxygens (including phenoxy) is 1. The van der Waals surface area contributed by atoms with Crippen LogP contribution in [0.1, 0.15) is 22.5 Å². The van der Waals surface area contributed by atoms with Crippen LogP contribution in [-0.2, 0) is 0 Å². The first-order chi connectivity index (χ1) is 13.6. The Morgan fingerprint density at radius 2 is 1.82 bits per heavy atom. The number of nitrogens with one attached hydrogen (secondary N) is 1. The largest absolute Gasteiger partial charge is 0.497 e. The Morgan fingerprint density at radius 1 is 1.11 bits per heavy atom. The van der Waals surface area contributed by atoms with Gasteiger partial charge in [0.25, 0.3) is 5.91 Å². The Balaban J connectivity index is 1.45. The second kappa shape index (κ2) is 8.02. The molecule has 28 heavy (non-hydrogen) atoms. The summed E-state index contributed by atoms with van der Waals surface area (Å²) in [6, 6.07) is 17.7. The SMILES string of the molecule is COc1ccc(C2=CCN(C(=O)c3cc(-c4ccc(Br)cc4)n[nH]3)CC2)cc1. The number of hydrogen-bond donors (Lipinski definition) is 1. The van der Waals surface area contributed by atoms with Gasteiger partial charge in [0, 0.05) is 23.1 Å². The molecule has 0 bridgehead atoms. The number of halogens is 1. The lowest BCUT2D eigenvalue weighted by molar-refractivity contribution is 0.0767. The van der Waals surface area contributed by atoms with E-state index < -0.39 is 0 Å².